The minimum absolute atomic E-state index is 0.346. The van der Waals surface area contributed by atoms with Gasteiger partial charge in [-0.05, 0) is 124 Å². The van der Waals surface area contributed by atoms with Crippen LogP contribution in [0, 0.1) is 27.7 Å². The Morgan fingerprint density at radius 2 is 1.03 bits per heavy atom. The fourth-order valence-electron chi connectivity index (χ4n) is 6.72. The third-order valence-electron chi connectivity index (χ3n) is 9.05. The van der Waals surface area contributed by atoms with E-state index < -0.39 is 0 Å². The van der Waals surface area contributed by atoms with Gasteiger partial charge in [0.05, 0.1) is 0 Å². The van der Waals surface area contributed by atoms with Gasteiger partial charge in [0.2, 0.25) is 0 Å². The molecular weight excluding hydrogens is 439 g/mol. The molecule has 3 rings (SSSR count). The van der Waals surface area contributed by atoms with Crippen LogP contribution in [0.1, 0.15) is 145 Å². The van der Waals surface area contributed by atoms with E-state index in [-0.39, 0.29) is 7.92 Å². The molecule has 0 amide bonds. The van der Waals surface area contributed by atoms with E-state index in [2.05, 4.69) is 109 Å². The Balaban J connectivity index is 2.59. The van der Waals surface area contributed by atoms with Gasteiger partial charge in [0.1, 0.15) is 0 Å². The molecule has 1 fully saturated rings. The van der Waals surface area contributed by atoms with E-state index in [1.54, 1.807) is 33.1 Å². The molecule has 2 aromatic rings. The summed E-state index contributed by atoms with van der Waals surface area (Å²) in [5, 5.41) is 2.41. The molecule has 0 aliphatic carbocycles. The summed E-state index contributed by atoms with van der Waals surface area (Å²) in [6, 6.07) is 5.10. The summed E-state index contributed by atoms with van der Waals surface area (Å²) in [6.45, 7) is 34.2. The van der Waals surface area contributed by atoms with E-state index >= 15 is 0 Å². The zero-order chi connectivity index (χ0) is 26.6. The van der Waals surface area contributed by atoms with Crippen LogP contribution in [0.3, 0.4) is 0 Å². The summed E-state index contributed by atoms with van der Waals surface area (Å²) in [5.41, 5.74) is 13.8. The average molecular weight is 493 g/mol. The quantitative estimate of drug-likeness (QED) is 0.364. The second-order valence-electron chi connectivity index (χ2n) is 13.6. The van der Waals surface area contributed by atoms with E-state index in [9.17, 15) is 0 Å². The van der Waals surface area contributed by atoms with E-state index in [0.717, 1.165) is 0 Å². The number of hydrogen-bond acceptors (Lipinski definition) is 0. The molecule has 194 valence electrons. The summed E-state index contributed by atoms with van der Waals surface area (Å²) in [5.74, 6) is 1.53. The summed E-state index contributed by atoms with van der Waals surface area (Å²) >= 11 is 0. The van der Waals surface area contributed by atoms with Gasteiger partial charge in [-0.2, -0.15) is 0 Å². The van der Waals surface area contributed by atoms with Crippen molar-refractivity contribution >= 4 is 13.2 Å². The summed E-state index contributed by atoms with van der Waals surface area (Å²) < 4.78 is 0. The van der Waals surface area contributed by atoms with Gasteiger partial charge in [-0.1, -0.05) is 95.7 Å². The van der Waals surface area contributed by atoms with Gasteiger partial charge in [0.25, 0.3) is 0 Å². The molecule has 0 saturated carbocycles. The van der Waals surface area contributed by atoms with Crippen LogP contribution < -0.4 is 5.30 Å². The lowest BCUT2D eigenvalue weighted by atomic mass is 9.79. The Bertz CT molecular complexity index is 1050. The molecule has 2 aromatic carbocycles. The predicted octanol–water partition coefficient (Wildman–Crippen LogP) is 10.8. The normalized spacial score (nSPS) is 18.2. The smallest absolute Gasteiger partial charge is 0.00660 e. The lowest BCUT2D eigenvalue weighted by molar-refractivity contribution is 0.471. The third-order valence-corrected chi connectivity index (χ3v) is 12.9. The second-order valence-corrected chi connectivity index (χ2v) is 17.1. The van der Waals surface area contributed by atoms with Crippen LogP contribution >= 0.6 is 7.92 Å². The van der Waals surface area contributed by atoms with Crippen LogP contribution in [-0.2, 0) is 0 Å². The van der Waals surface area contributed by atoms with E-state index in [1.807, 2.05) is 0 Å². The van der Waals surface area contributed by atoms with Crippen LogP contribution in [0.25, 0.3) is 11.1 Å². The maximum absolute atomic E-state index is 2.57. The van der Waals surface area contributed by atoms with Crippen molar-refractivity contribution in [2.75, 3.05) is 0 Å². The summed E-state index contributed by atoms with van der Waals surface area (Å²) in [4.78, 5) is 0. The van der Waals surface area contributed by atoms with Gasteiger partial charge < -0.3 is 0 Å². The zero-order valence-electron chi connectivity index (χ0n) is 25.5. The molecule has 1 aliphatic rings. The van der Waals surface area contributed by atoms with Crippen LogP contribution in [-0.4, -0.2) is 10.3 Å². The molecule has 0 unspecified atom stereocenters. The Morgan fingerprint density at radius 1 is 0.600 bits per heavy atom. The standard InChI is InChI=1S/C34H53P/c1-20(2)27-18-28(21(3)4)31(29(19-27)22(5)6)30-25(9)23(7)24(8)26(10)32(30)35-33(11,12)16-15-17-34(35,13)14/h18-22H,15-17H2,1-14H3. The third kappa shape index (κ3) is 5.04. The number of rotatable bonds is 5. The first-order valence-corrected chi connectivity index (χ1v) is 15.5. The fraction of sp³-hybridized carbons (Fsp3) is 0.647. The van der Waals surface area contributed by atoms with Crippen molar-refractivity contribution in [1.82, 2.24) is 0 Å². The zero-order valence-corrected chi connectivity index (χ0v) is 26.3. The molecule has 35 heavy (non-hydrogen) atoms. The van der Waals surface area contributed by atoms with Crippen molar-refractivity contribution in [3.63, 3.8) is 0 Å². The van der Waals surface area contributed by atoms with E-state index in [4.69, 9.17) is 0 Å². The highest BCUT2D eigenvalue weighted by atomic mass is 31.1. The molecule has 0 N–H and O–H groups in total. The largest absolute Gasteiger partial charge is 0.0627 e. The van der Waals surface area contributed by atoms with Gasteiger partial charge in [0.15, 0.2) is 0 Å². The molecule has 1 heterocycles. The van der Waals surface area contributed by atoms with Crippen LogP contribution in [0.4, 0.5) is 0 Å². The fourth-order valence-corrected chi connectivity index (χ4v) is 11.3. The van der Waals surface area contributed by atoms with Crippen molar-refractivity contribution in [1.29, 1.82) is 0 Å². The first-order valence-electron chi connectivity index (χ1n) is 14.1. The maximum atomic E-state index is 2.57. The first kappa shape index (κ1) is 28.4. The summed E-state index contributed by atoms with van der Waals surface area (Å²) in [7, 11) is -0.347. The lowest BCUT2D eigenvalue weighted by Crippen LogP contribution is -2.41. The second kappa shape index (κ2) is 9.97. The van der Waals surface area contributed by atoms with Gasteiger partial charge in [-0.25, -0.2) is 0 Å². The van der Waals surface area contributed by atoms with Crippen LogP contribution in [0.5, 0.6) is 0 Å². The minimum Gasteiger partial charge on any atom is -0.0627 e. The molecule has 1 heteroatoms. The molecule has 0 spiro atoms. The van der Waals surface area contributed by atoms with Crippen molar-refractivity contribution < 1.29 is 0 Å². The van der Waals surface area contributed by atoms with Crippen molar-refractivity contribution in [2.45, 2.75) is 144 Å². The molecule has 0 aromatic heterocycles. The van der Waals surface area contributed by atoms with Gasteiger partial charge in [-0.15, -0.1) is 0 Å². The molecule has 0 radical (unpaired) electrons. The monoisotopic (exact) mass is 492 g/mol. The number of hydrogen-bond donors (Lipinski definition) is 0. The van der Waals surface area contributed by atoms with Crippen molar-refractivity contribution in [3.8, 4) is 11.1 Å². The Labute approximate surface area is 219 Å². The maximum Gasteiger partial charge on any atom is -0.00660 e. The van der Waals surface area contributed by atoms with Gasteiger partial charge in [0, 0.05) is 0 Å². The number of benzene rings is 2. The highest BCUT2D eigenvalue weighted by molar-refractivity contribution is 7.69. The Kier molecular flexibility index (Phi) is 8.10. The first-order chi connectivity index (χ1) is 16.0. The van der Waals surface area contributed by atoms with Crippen LogP contribution in [0.2, 0.25) is 0 Å². The SMILES string of the molecule is Cc1c(C)c(C)c(P2C(C)(C)CCCC2(C)C)c(-c2c(C(C)C)cc(C(C)C)cc2C(C)C)c1C. The summed E-state index contributed by atoms with van der Waals surface area (Å²) in [6.07, 6.45) is 4.04. The highest BCUT2D eigenvalue weighted by Crippen LogP contribution is 2.67. The lowest BCUT2D eigenvalue weighted by Gasteiger charge is -2.51. The minimum atomic E-state index is -0.347. The van der Waals surface area contributed by atoms with E-state index in [0.29, 0.717) is 28.1 Å². The Morgan fingerprint density at radius 3 is 1.43 bits per heavy atom. The topological polar surface area (TPSA) is 0 Å². The predicted molar refractivity (Wildman–Crippen MR) is 162 cm³/mol. The average Bonchev–Trinajstić information content (AvgIpc) is 2.73. The van der Waals surface area contributed by atoms with Crippen molar-refractivity contribution in [3.05, 3.63) is 51.1 Å². The molecule has 0 nitrogen and oxygen atoms in total. The molecule has 0 bridgehead atoms. The van der Waals surface area contributed by atoms with Crippen LogP contribution in [0.15, 0.2) is 12.1 Å². The molecule has 1 saturated heterocycles. The highest BCUT2D eigenvalue weighted by Gasteiger charge is 2.46. The molecule has 0 atom stereocenters. The molecule has 1 aliphatic heterocycles. The van der Waals surface area contributed by atoms with Gasteiger partial charge in [-0.3, -0.25) is 0 Å². The molecular formula is C34H53P. The van der Waals surface area contributed by atoms with Gasteiger partial charge >= 0.3 is 0 Å². The Hall–Kier alpha value is -1.13. The van der Waals surface area contributed by atoms with E-state index in [1.165, 1.54) is 41.5 Å². The van der Waals surface area contributed by atoms with Crippen molar-refractivity contribution in [2.24, 2.45) is 0 Å².